The maximum atomic E-state index is 13.6. The number of nitrogens with zero attached hydrogens (tertiary/aromatic N) is 3. The maximum absolute atomic E-state index is 13.6. The summed E-state index contributed by atoms with van der Waals surface area (Å²) in [7, 11) is 1.54. The molecule has 8 nitrogen and oxygen atoms in total. The van der Waals surface area contributed by atoms with Crippen LogP contribution in [-0.2, 0) is 6.42 Å². The molecule has 1 saturated carbocycles. The van der Waals surface area contributed by atoms with Gasteiger partial charge in [-0.3, -0.25) is 4.79 Å². The Bertz CT molecular complexity index is 1540. The van der Waals surface area contributed by atoms with Gasteiger partial charge in [-0.2, -0.15) is 0 Å². The van der Waals surface area contributed by atoms with Crippen LogP contribution >= 0.6 is 0 Å². The van der Waals surface area contributed by atoms with E-state index in [-0.39, 0.29) is 17.7 Å². The number of hydrogen-bond acceptors (Lipinski definition) is 4. The summed E-state index contributed by atoms with van der Waals surface area (Å²) in [5, 5.41) is 16.8. The van der Waals surface area contributed by atoms with Gasteiger partial charge in [0, 0.05) is 48.9 Å². The molecule has 0 spiro atoms. The number of nitrogens with one attached hydrogen (secondary N) is 2. The van der Waals surface area contributed by atoms with Gasteiger partial charge in [0.15, 0.2) is 5.65 Å². The number of phenolic OH excluding ortho intramolecular Hbond substituents is 1. The number of rotatable bonds is 4. The topological polar surface area (TPSA) is 99.0 Å². The average molecular weight is 482 g/mol. The molecule has 36 heavy (non-hydrogen) atoms. The zero-order valence-electron chi connectivity index (χ0n) is 20.2. The van der Waals surface area contributed by atoms with Crippen molar-refractivity contribution in [1.29, 1.82) is 0 Å². The molecule has 1 fully saturated rings. The van der Waals surface area contributed by atoms with Crippen molar-refractivity contribution in [2.75, 3.05) is 23.8 Å². The molecule has 6 rings (SSSR count). The molecule has 2 aromatic carbocycles. The lowest BCUT2D eigenvalue weighted by Gasteiger charge is -2.31. The van der Waals surface area contributed by atoms with E-state index >= 15 is 0 Å². The molecule has 0 atom stereocenters. The van der Waals surface area contributed by atoms with E-state index in [1.54, 1.807) is 34.8 Å². The molecule has 3 heterocycles. The Labute approximate surface area is 208 Å². The zero-order chi connectivity index (χ0) is 25.0. The van der Waals surface area contributed by atoms with Gasteiger partial charge in [-0.15, -0.1) is 0 Å². The fourth-order valence-electron chi connectivity index (χ4n) is 5.10. The smallest absolute Gasteiger partial charge is 0.319 e. The van der Waals surface area contributed by atoms with Crippen molar-refractivity contribution >= 4 is 29.0 Å². The largest absolute Gasteiger partial charge is 0.505 e. The van der Waals surface area contributed by atoms with Crippen molar-refractivity contribution in [3.05, 3.63) is 77.2 Å². The van der Waals surface area contributed by atoms with Crippen LogP contribution in [0.2, 0.25) is 0 Å². The first kappa shape index (κ1) is 22.2. The average Bonchev–Trinajstić information content (AvgIpc) is 3.62. The van der Waals surface area contributed by atoms with E-state index in [0.717, 1.165) is 17.5 Å². The molecule has 2 aromatic heterocycles. The molecule has 3 N–H and O–H groups in total. The summed E-state index contributed by atoms with van der Waals surface area (Å²) in [4.78, 5) is 31.6. The molecular formula is C28H27N5O3. The lowest BCUT2D eigenvalue weighted by molar-refractivity contribution is 0.0979. The van der Waals surface area contributed by atoms with Gasteiger partial charge < -0.3 is 25.0 Å². The number of anilines is 2. The Balaban J connectivity index is 1.41. The van der Waals surface area contributed by atoms with E-state index in [1.807, 2.05) is 31.3 Å². The summed E-state index contributed by atoms with van der Waals surface area (Å²) in [6.07, 6.45) is 8.46. The third-order valence-electron chi connectivity index (χ3n) is 7.16. The van der Waals surface area contributed by atoms with E-state index in [0.29, 0.717) is 46.2 Å². The Morgan fingerprint density at radius 1 is 1.14 bits per heavy atom. The zero-order valence-corrected chi connectivity index (χ0v) is 20.2. The Morgan fingerprint density at radius 2 is 1.94 bits per heavy atom. The number of benzene rings is 2. The number of hydrogen-bond donors (Lipinski definition) is 3. The van der Waals surface area contributed by atoms with Crippen LogP contribution in [0.3, 0.4) is 0 Å². The molecule has 2 aliphatic rings. The van der Waals surface area contributed by atoms with Crippen LogP contribution < -0.4 is 15.5 Å². The molecule has 8 heteroatoms. The summed E-state index contributed by atoms with van der Waals surface area (Å²) in [6.45, 7) is 2.40. The molecule has 1 aliphatic heterocycles. The standard InChI is InChI=1S/C28H27N5O3/c1-16-3-7-21(20-14-23(31-28(36)29-2)26-30-10-12-32(26)15-20)25(34)24(16)33-11-9-19-13-18(17-4-5-17)6-8-22(19)27(33)35/h3,6-8,10,12-15,17,34H,4-5,9,11H2,1-2H3,(H2,29,31,36). The molecule has 1 aliphatic carbocycles. The predicted octanol–water partition coefficient (Wildman–Crippen LogP) is 4.85. The number of urea groups is 1. The van der Waals surface area contributed by atoms with Crippen LogP contribution in [0.15, 0.2) is 55.0 Å². The number of aromatic hydroxyl groups is 1. The van der Waals surface area contributed by atoms with Crippen LogP contribution in [0.5, 0.6) is 5.75 Å². The molecule has 182 valence electrons. The van der Waals surface area contributed by atoms with Gasteiger partial charge in [0.1, 0.15) is 5.75 Å². The molecule has 0 saturated heterocycles. The number of amides is 3. The second-order valence-corrected chi connectivity index (χ2v) is 9.53. The normalized spacial score (nSPS) is 15.2. The highest BCUT2D eigenvalue weighted by atomic mass is 16.3. The number of fused-ring (bicyclic) bond motifs is 2. The highest BCUT2D eigenvalue weighted by Gasteiger charge is 2.31. The van der Waals surface area contributed by atoms with Crippen molar-refractivity contribution in [2.45, 2.75) is 32.1 Å². The van der Waals surface area contributed by atoms with E-state index < -0.39 is 0 Å². The number of carbonyl (C=O) groups excluding carboxylic acids is 2. The minimum atomic E-state index is -0.367. The third kappa shape index (κ3) is 3.66. The number of aromatic nitrogens is 2. The van der Waals surface area contributed by atoms with Crippen LogP contribution in [0.1, 0.15) is 45.8 Å². The van der Waals surface area contributed by atoms with Crippen LogP contribution in [-0.4, -0.2) is 40.0 Å². The number of carbonyl (C=O) groups is 2. The van der Waals surface area contributed by atoms with E-state index in [2.05, 4.69) is 27.8 Å². The third-order valence-corrected chi connectivity index (χ3v) is 7.16. The first-order chi connectivity index (χ1) is 17.4. The second kappa shape index (κ2) is 8.41. The summed E-state index contributed by atoms with van der Waals surface area (Å²) >= 11 is 0. The van der Waals surface area contributed by atoms with Gasteiger partial charge in [-0.1, -0.05) is 24.3 Å². The van der Waals surface area contributed by atoms with Crippen molar-refractivity contribution in [1.82, 2.24) is 14.7 Å². The minimum absolute atomic E-state index is 0.0340. The minimum Gasteiger partial charge on any atom is -0.505 e. The number of imidazole rings is 1. The summed E-state index contributed by atoms with van der Waals surface area (Å²) < 4.78 is 1.79. The number of phenols is 1. The molecule has 3 amide bonds. The van der Waals surface area contributed by atoms with Gasteiger partial charge in [0.05, 0.1) is 11.4 Å². The van der Waals surface area contributed by atoms with Gasteiger partial charge >= 0.3 is 6.03 Å². The van der Waals surface area contributed by atoms with Crippen molar-refractivity contribution in [3.63, 3.8) is 0 Å². The number of aryl methyl sites for hydroxylation is 1. The summed E-state index contributed by atoms with van der Waals surface area (Å²) in [5.74, 6) is 0.579. The van der Waals surface area contributed by atoms with Crippen LogP contribution in [0, 0.1) is 6.92 Å². The van der Waals surface area contributed by atoms with E-state index in [9.17, 15) is 14.7 Å². The Morgan fingerprint density at radius 3 is 2.72 bits per heavy atom. The fraction of sp³-hybridized carbons (Fsp3) is 0.250. The monoisotopic (exact) mass is 481 g/mol. The maximum Gasteiger partial charge on any atom is 0.319 e. The lowest BCUT2D eigenvalue weighted by Crippen LogP contribution is -2.38. The van der Waals surface area contributed by atoms with Gasteiger partial charge in [0.2, 0.25) is 0 Å². The number of pyridine rings is 1. The summed E-state index contributed by atoms with van der Waals surface area (Å²) in [5.41, 5.74) is 6.79. The molecule has 0 unspecified atom stereocenters. The van der Waals surface area contributed by atoms with Crippen molar-refractivity contribution < 1.29 is 14.7 Å². The quantitative estimate of drug-likeness (QED) is 0.388. The highest BCUT2D eigenvalue weighted by molar-refractivity contribution is 6.10. The molecular weight excluding hydrogens is 454 g/mol. The van der Waals surface area contributed by atoms with Crippen LogP contribution in [0.4, 0.5) is 16.2 Å². The summed E-state index contributed by atoms with van der Waals surface area (Å²) in [6, 6.07) is 11.4. The first-order valence-corrected chi connectivity index (χ1v) is 12.2. The van der Waals surface area contributed by atoms with E-state index in [1.165, 1.54) is 18.4 Å². The SMILES string of the molecule is CNC(=O)Nc1cc(-c2ccc(C)c(N3CCc4cc(C5CC5)ccc4C3=O)c2O)cn2ccnc12. The first-order valence-electron chi connectivity index (χ1n) is 12.2. The highest BCUT2D eigenvalue weighted by Crippen LogP contribution is 2.44. The second-order valence-electron chi connectivity index (χ2n) is 9.53. The van der Waals surface area contributed by atoms with Gasteiger partial charge in [0.25, 0.3) is 5.91 Å². The Hall–Kier alpha value is -4.33. The predicted molar refractivity (Wildman–Crippen MR) is 139 cm³/mol. The van der Waals surface area contributed by atoms with Crippen LogP contribution in [0.25, 0.3) is 16.8 Å². The Kier molecular flexibility index (Phi) is 5.17. The van der Waals surface area contributed by atoms with Gasteiger partial charge in [-0.25, -0.2) is 9.78 Å². The van der Waals surface area contributed by atoms with E-state index in [4.69, 9.17) is 0 Å². The van der Waals surface area contributed by atoms with Crippen molar-refractivity contribution in [2.24, 2.45) is 0 Å². The molecule has 4 aromatic rings. The lowest BCUT2D eigenvalue weighted by atomic mass is 9.93. The van der Waals surface area contributed by atoms with Crippen molar-refractivity contribution in [3.8, 4) is 16.9 Å². The van der Waals surface area contributed by atoms with Gasteiger partial charge in [-0.05, 0) is 60.9 Å². The molecule has 0 radical (unpaired) electrons. The fourth-order valence-corrected chi connectivity index (χ4v) is 5.10. The molecule has 0 bridgehead atoms.